The Morgan fingerprint density at radius 3 is 2.42 bits per heavy atom. The van der Waals surface area contributed by atoms with Gasteiger partial charge in [0.1, 0.15) is 5.82 Å². The van der Waals surface area contributed by atoms with Gasteiger partial charge in [0, 0.05) is 70.5 Å². The van der Waals surface area contributed by atoms with Crippen molar-refractivity contribution in [1.29, 1.82) is 0 Å². The summed E-state index contributed by atoms with van der Waals surface area (Å²) in [6.07, 6.45) is 17.2. The minimum atomic E-state index is 0.525. The topological polar surface area (TPSA) is 34.6 Å². The van der Waals surface area contributed by atoms with Crippen molar-refractivity contribution in [2.75, 3.05) is 69.7 Å². The fraction of sp³-hybridized carbons (Fsp3) is 0.575. The van der Waals surface area contributed by atoms with Crippen molar-refractivity contribution in [2.45, 2.75) is 73.6 Å². The van der Waals surface area contributed by atoms with E-state index in [0.717, 1.165) is 50.8 Å². The van der Waals surface area contributed by atoms with Crippen LogP contribution in [0.1, 0.15) is 77.8 Å². The van der Waals surface area contributed by atoms with Gasteiger partial charge in [0.2, 0.25) is 0 Å². The average Bonchev–Trinajstić information content (AvgIpc) is 3.06. The molecule has 2 fully saturated rings. The zero-order chi connectivity index (χ0) is 32.8. The molecule has 0 bridgehead atoms. The molecule has 2 atom stereocenters. The van der Waals surface area contributed by atoms with Crippen LogP contribution in [0.15, 0.2) is 48.7 Å². The molecule has 0 radical (unpaired) electrons. The number of rotatable bonds is 11. The lowest BCUT2D eigenvalue weighted by Gasteiger charge is -2.34. The van der Waals surface area contributed by atoms with Crippen LogP contribution in [0.4, 0.5) is 11.5 Å². The molecule has 0 spiro atoms. The second kappa shape index (κ2) is 18.9. The molecule has 2 aliphatic heterocycles. The molecular formula is C40H63N5. The van der Waals surface area contributed by atoms with Crippen molar-refractivity contribution in [3.05, 3.63) is 70.3 Å². The number of piperazine rings is 1. The number of allylic oxidation sites excluding steroid dienone is 2. The fourth-order valence-electron chi connectivity index (χ4n) is 6.09. The standard InChI is InChI=1S/C20H32N4.C20H31N/c1-3-4-19-15-20(22-16-17(19)2)24-11-6-18(7-12-24)5-10-23-13-8-21-9-14-23;1-8-15(3)13-18-11-10-12-20(21(6)7)19(18)14-17(5)16(4)9-2/h3-4,15-16,18,21H,5-14H2,1-2H3;10-16H,5,8-9H2,1-4,6-7H3/b4-3-;18-13-,19-14+. The lowest BCUT2D eigenvalue weighted by atomic mass is 9.93. The normalized spacial score (nSPS) is 18.5. The van der Waals surface area contributed by atoms with Gasteiger partial charge in [-0.3, -0.25) is 0 Å². The smallest absolute Gasteiger partial charge is 0.129 e. The molecule has 1 N–H and O–H groups in total. The van der Waals surface area contributed by atoms with E-state index < -0.39 is 0 Å². The molecule has 0 aliphatic carbocycles. The highest BCUT2D eigenvalue weighted by molar-refractivity contribution is 5.59. The zero-order valence-corrected chi connectivity index (χ0v) is 29.9. The summed E-state index contributed by atoms with van der Waals surface area (Å²) >= 11 is 0. The Morgan fingerprint density at radius 1 is 1.09 bits per heavy atom. The number of benzene rings is 1. The number of hydrogen-bond acceptors (Lipinski definition) is 5. The molecule has 1 aromatic carbocycles. The Kier molecular flexibility index (Phi) is 15.4. The number of nitrogens with zero attached hydrogens (tertiary/aromatic N) is 4. The third-order valence-corrected chi connectivity index (χ3v) is 9.76. The Balaban J connectivity index is 0.000000248. The lowest BCUT2D eigenvalue weighted by molar-refractivity contribution is 0.215. The van der Waals surface area contributed by atoms with E-state index in [1.807, 2.05) is 6.20 Å². The van der Waals surface area contributed by atoms with Gasteiger partial charge in [-0.25, -0.2) is 4.98 Å². The predicted molar refractivity (Wildman–Crippen MR) is 200 cm³/mol. The largest absolute Gasteiger partial charge is 0.377 e. The highest BCUT2D eigenvalue weighted by Gasteiger charge is 2.21. The summed E-state index contributed by atoms with van der Waals surface area (Å²) < 4.78 is 0. The first kappa shape index (κ1) is 36.6. The van der Waals surface area contributed by atoms with E-state index in [1.54, 1.807) is 0 Å². The highest BCUT2D eigenvalue weighted by atomic mass is 15.2. The molecule has 0 saturated carbocycles. The lowest BCUT2D eigenvalue weighted by Crippen LogP contribution is -2.44. The van der Waals surface area contributed by atoms with Gasteiger partial charge in [0.05, 0.1) is 0 Å². The van der Waals surface area contributed by atoms with Crippen molar-refractivity contribution in [2.24, 2.45) is 17.8 Å². The Morgan fingerprint density at radius 2 is 1.80 bits per heavy atom. The maximum Gasteiger partial charge on any atom is 0.129 e. The third kappa shape index (κ3) is 11.4. The SMILES string of the molecule is C/C=C\c1cc(N2CCC(CCN3CCNCC3)CC2)ncc1C.C=C(/C=c1/c(N(C)C)ccc/c1=C/C(C)CC)C(C)CC. The van der Waals surface area contributed by atoms with Crippen molar-refractivity contribution in [3.63, 3.8) is 0 Å². The monoisotopic (exact) mass is 614 g/mol. The van der Waals surface area contributed by atoms with Gasteiger partial charge in [-0.15, -0.1) is 0 Å². The molecule has 1 aromatic heterocycles. The van der Waals surface area contributed by atoms with E-state index in [9.17, 15) is 0 Å². The molecule has 4 rings (SSSR count). The molecule has 2 aliphatic rings. The van der Waals surface area contributed by atoms with Crippen molar-refractivity contribution >= 4 is 29.7 Å². The number of hydrogen-bond donors (Lipinski definition) is 1. The fourth-order valence-corrected chi connectivity index (χ4v) is 6.09. The first-order valence-electron chi connectivity index (χ1n) is 17.6. The molecule has 3 heterocycles. The molecular weight excluding hydrogens is 550 g/mol. The number of aromatic nitrogens is 1. The number of pyridine rings is 1. The summed E-state index contributed by atoms with van der Waals surface area (Å²) in [7, 11) is 4.21. The maximum absolute atomic E-state index is 4.67. The molecule has 5 heteroatoms. The van der Waals surface area contributed by atoms with E-state index in [1.165, 1.54) is 71.7 Å². The molecule has 5 nitrogen and oxygen atoms in total. The summed E-state index contributed by atoms with van der Waals surface area (Å²) in [5.74, 6) is 3.15. The van der Waals surface area contributed by atoms with Crippen molar-refractivity contribution < 1.29 is 0 Å². The van der Waals surface area contributed by atoms with Gasteiger partial charge in [-0.05, 0) is 98.4 Å². The van der Waals surface area contributed by atoms with E-state index in [2.05, 4.69) is 136 Å². The summed E-state index contributed by atoms with van der Waals surface area (Å²) in [5.41, 5.74) is 5.02. The van der Waals surface area contributed by atoms with Crippen LogP contribution in [-0.2, 0) is 0 Å². The van der Waals surface area contributed by atoms with E-state index in [-0.39, 0.29) is 0 Å². The highest BCUT2D eigenvalue weighted by Crippen LogP contribution is 2.26. The Hall–Kier alpha value is -2.89. The van der Waals surface area contributed by atoms with Crippen LogP contribution >= 0.6 is 0 Å². The van der Waals surface area contributed by atoms with Gasteiger partial charge in [-0.1, -0.05) is 76.6 Å². The van der Waals surface area contributed by atoms with Crippen LogP contribution < -0.4 is 25.6 Å². The molecule has 2 aromatic rings. The number of piperidine rings is 1. The predicted octanol–water partition coefficient (Wildman–Crippen LogP) is 6.90. The van der Waals surface area contributed by atoms with E-state index in [4.69, 9.17) is 0 Å². The number of nitrogens with one attached hydrogen (secondary N) is 1. The average molecular weight is 614 g/mol. The van der Waals surface area contributed by atoms with Crippen LogP contribution in [0.2, 0.25) is 0 Å². The van der Waals surface area contributed by atoms with E-state index in [0.29, 0.717) is 11.8 Å². The minimum Gasteiger partial charge on any atom is -0.377 e. The van der Waals surface area contributed by atoms with E-state index >= 15 is 0 Å². The minimum absolute atomic E-state index is 0.525. The van der Waals surface area contributed by atoms with Crippen LogP contribution in [0.3, 0.4) is 0 Å². The van der Waals surface area contributed by atoms with Gasteiger partial charge in [-0.2, -0.15) is 0 Å². The first-order valence-corrected chi connectivity index (χ1v) is 17.6. The quantitative estimate of drug-likeness (QED) is 0.298. The molecule has 45 heavy (non-hydrogen) atoms. The van der Waals surface area contributed by atoms with Crippen LogP contribution in [0, 0.1) is 24.7 Å². The summed E-state index contributed by atoms with van der Waals surface area (Å²) in [6, 6.07) is 8.79. The van der Waals surface area contributed by atoms with Crippen LogP contribution in [-0.4, -0.2) is 69.8 Å². The summed E-state index contributed by atoms with van der Waals surface area (Å²) in [6.45, 7) is 25.8. The maximum atomic E-state index is 4.67. The van der Waals surface area contributed by atoms with Gasteiger partial charge in [0.25, 0.3) is 0 Å². The summed E-state index contributed by atoms with van der Waals surface area (Å²) in [4.78, 5) is 11.9. The van der Waals surface area contributed by atoms with Crippen molar-refractivity contribution in [3.8, 4) is 0 Å². The number of aryl methyl sites for hydroxylation is 1. The molecule has 2 unspecified atom stereocenters. The number of anilines is 2. The second-order valence-electron chi connectivity index (χ2n) is 13.5. The van der Waals surface area contributed by atoms with Gasteiger partial charge < -0.3 is 20.0 Å². The second-order valence-corrected chi connectivity index (χ2v) is 13.5. The van der Waals surface area contributed by atoms with Crippen LogP contribution in [0.25, 0.3) is 18.2 Å². The Bertz CT molecular complexity index is 1330. The molecule has 248 valence electrons. The first-order chi connectivity index (χ1) is 21.7. The van der Waals surface area contributed by atoms with Crippen molar-refractivity contribution in [1.82, 2.24) is 15.2 Å². The third-order valence-electron chi connectivity index (χ3n) is 9.76. The summed E-state index contributed by atoms with van der Waals surface area (Å²) in [5, 5.41) is 6.05. The van der Waals surface area contributed by atoms with Gasteiger partial charge >= 0.3 is 0 Å². The molecule has 2 saturated heterocycles. The van der Waals surface area contributed by atoms with Gasteiger partial charge in [0.15, 0.2) is 0 Å². The zero-order valence-electron chi connectivity index (χ0n) is 29.9. The Labute approximate surface area is 275 Å². The molecule has 0 amide bonds. The van der Waals surface area contributed by atoms with Crippen LogP contribution in [0.5, 0.6) is 0 Å².